The summed E-state index contributed by atoms with van der Waals surface area (Å²) >= 11 is 0. The van der Waals surface area contributed by atoms with Crippen LogP contribution in [0.25, 0.3) is 16.9 Å². The molecule has 0 fully saturated rings. The van der Waals surface area contributed by atoms with Gasteiger partial charge in [0.15, 0.2) is 6.29 Å². The minimum atomic E-state index is 0.666. The lowest BCUT2D eigenvalue weighted by atomic mass is 10.2. The van der Waals surface area contributed by atoms with Gasteiger partial charge in [-0.15, -0.1) is 0 Å². The molecular formula is C15H12N2O. The third-order valence-corrected chi connectivity index (χ3v) is 2.99. The Bertz CT molecular complexity index is 714. The fourth-order valence-corrected chi connectivity index (χ4v) is 2.17. The van der Waals surface area contributed by atoms with Crippen molar-refractivity contribution in [1.29, 1.82) is 0 Å². The van der Waals surface area contributed by atoms with E-state index < -0.39 is 0 Å². The minimum absolute atomic E-state index is 0.666. The Morgan fingerprint density at radius 2 is 2.11 bits per heavy atom. The highest BCUT2D eigenvalue weighted by molar-refractivity contribution is 5.89. The first-order chi connectivity index (χ1) is 8.79. The summed E-state index contributed by atoms with van der Waals surface area (Å²) in [6.07, 6.45) is 4.59. The fourth-order valence-electron chi connectivity index (χ4n) is 2.17. The third kappa shape index (κ3) is 1.61. The van der Waals surface area contributed by atoms with Gasteiger partial charge in [-0.05, 0) is 42.8 Å². The standard InChI is InChI=1S/C15H12N2O/c1-11-5-7-17-13(8-11)9-12(10-18)15(17)14-4-2-3-6-16-14/h2-10H,1H3. The number of carbonyl (C=O) groups is 1. The van der Waals surface area contributed by atoms with Crippen molar-refractivity contribution in [1.82, 2.24) is 9.38 Å². The van der Waals surface area contributed by atoms with E-state index in [1.165, 1.54) is 5.56 Å². The van der Waals surface area contributed by atoms with Crippen LogP contribution in [0.2, 0.25) is 0 Å². The van der Waals surface area contributed by atoms with Gasteiger partial charge in [-0.1, -0.05) is 6.07 Å². The Hall–Kier alpha value is -2.42. The molecule has 0 atom stereocenters. The van der Waals surface area contributed by atoms with Crippen molar-refractivity contribution in [3.8, 4) is 11.4 Å². The van der Waals surface area contributed by atoms with Crippen LogP contribution in [0.1, 0.15) is 15.9 Å². The monoisotopic (exact) mass is 236 g/mol. The lowest BCUT2D eigenvalue weighted by Crippen LogP contribution is -1.92. The minimum Gasteiger partial charge on any atom is -0.314 e. The fraction of sp³-hybridized carbons (Fsp3) is 0.0667. The van der Waals surface area contributed by atoms with E-state index in [-0.39, 0.29) is 0 Å². The quantitative estimate of drug-likeness (QED) is 0.641. The van der Waals surface area contributed by atoms with Gasteiger partial charge >= 0.3 is 0 Å². The van der Waals surface area contributed by atoms with Gasteiger partial charge in [0.05, 0.1) is 11.4 Å². The molecule has 3 aromatic rings. The van der Waals surface area contributed by atoms with E-state index >= 15 is 0 Å². The van der Waals surface area contributed by atoms with Gasteiger partial charge < -0.3 is 4.40 Å². The zero-order valence-electron chi connectivity index (χ0n) is 10.00. The van der Waals surface area contributed by atoms with Crippen molar-refractivity contribution in [2.75, 3.05) is 0 Å². The number of hydrogen-bond acceptors (Lipinski definition) is 2. The first-order valence-corrected chi connectivity index (χ1v) is 5.78. The van der Waals surface area contributed by atoms with E-state index in [1.54, 1.807) is 6.20 Å². The molecule has 3 nitrogen and oxygen atoms in total. The van der Waals surface area contributed by atoms with E-state index in [9.17, 15) is 4.79 Å². The molecule has 0 bridgehead atoms. The van der Waals surface area contributed by atoms with Crippen LogP contribution in [0.15, 0.2) is 48.8 Å². The van der Waals surface area contributed by atoms with Gasteiger partial charge in [0.1, 0.15) is 0 Å². The molecule has 88 valence electrons. The number of carbonyl (C=O) groups excluding carboxylic acids is 1. The van der Waals surface area contributed by atoms with Crippen LogP contribution < -0.4 is 0 Å². The Kier molecular flexibility index (Phi) is 2.45. The maximum Gasteiger partial charge on any atom is 0.152 e. The molecule has 18 heavy (non-hydrogen) atoms. The molecule has 0 spiro atoms. The summed E-state index contributed by atoms with van der Waals surface area (Å²) in [6.45, 7) is 2.04. The Morgan fingerprint density at radius 3 is 2.83 bits per heavy atom. The van der Waals surface area contributed by atoms with Gasteiger partial charge in [-0.25, -0.2) is 0 Å². The van der Waals surface area contributed by atoms with Crippen molar-refractivity contribution >= 4 is 11.8 Å². The highest BCUT2D eigenvalue weighted by atomic mass is 16.1. The summed E-state index contributed by atoms with van der Waals surface area (Å²) in [5, 5.41) is 0. The molecule has 0 amide bonds. The summed E-state index contributed by atoms with van der Waals surface area (Å²) < 4.78 is 2.00. The molecule has 3 aromatic heterocycles. The summed E-state index contributed by atoms with van der Waals surface area (Å²) in [4.78, 5) is 15.5. The second-order valence-corrected chi connectivity index (χ2v) is 4.28. The molecule has 0 saturated carbocycles. The predicted molar refractivity (Wildman–Crippen MR) is 70.8 cm³/mol. The van der Waals surface area contributed by atoms with E-state index in [0.29, 0.717) is 5.56 Å². The molecule has 0 unspecified atom stereocenters. The maximum absolute atomic E-state index is 11.2. The normalized spacial score (nSPS) is 10.7. The lowest BCUT2D eigenvalue weighted by molar-refractivity contribution is 0.112. The highest BCUT2D eigenvalue weighted by Gasteiger charge is 2.12. The van der Waals surface area contributed by atoms with Crippen molar-refractivity contribution in [3.63, 3.8) is 0 Å². The predicted octanol–water partition coefficient (Wildman–Crippen LogP) is 3.12. The molecule has 3 rings (SSSR count). The summed E-state index contributed by atoms with van der Waals surface area (Å²) in [6, 6.07) is 11.7. The molecule has 0 N–H and O–H groups in total. The van der Waals surface area contributed by atoms with Crippen molar-refractivity contribution in [2.45, 2.75) is 6.92 Å². The highest BCUT2D eigenvalue weighted by Crippen LogP contribution is 2.25. The smallest absolute Gasteiger partial charge is 0.152 e. The van der Waals surface area contributed by atoms with Crippen LogP contribution in [0.5, 0.6) is 0 Å². The van der Waals surface area contributed by atoms with Crippen LogP contribution in [0.3, 0.4) is 0 Å². The average Bonchev–Trinajstić information content (AvgIpc) is 2.77. The number of fused-ring (bicyclic) bond motifs is 1. The average molecular weight is 236 g/mol. The SMILES string of the molecule is Cc1ccn2c(-c3ccccn3)c(C=O)cc2c1. The Morgan fingerprint density at radius 1 is 1.22 bits per heavy atom. The van der Waals surface area contributed by atoms with E-state index in [1.807, 2.05) is 47.9 Å². The number of aldehydes is 1. The Balaban J connectivity index is 2.36. The van der Waals surface area contributed by atoms with E-state index in [0.717, 1.165) is 23.2 Å². The van der Waals surface area contributed by atoms with Crippen molar-refractivity contribution in [2.24, 2.45) is 0 Å². The van der Waals surface area contributed by atoms with Gasteiger partial charge in [-0.2, -0.15) is 0 Å². The maximum atomic E-state index is 11.2. The van der Waals surface area contributed by atoms with E-state index in [2.05, 4.69) is 11.1 Å². The summed E-state index contributed by atoms with van der Waals surface area (Å²) in [5.41, 5.74) is 4.51. The first kappa shape index (κ1) is 10.7. The van der Waals surface area contributed by atoms with Gasteiger partial charge in [0.25, 0.3) is 0 Å². The molecule has 0 aliphatic rings. The van der Waals surface area contributed by atoms with Crippen LogP contribution in [0, 0.1) is 6.92 Å². The summed E-state index contributed by atoms with van der Waals surface area (Å²) in [7, 11) is 0. The molecule has 0 aliphatic heterocycles. The molecule has 0 saturated heterocycles. The molecule has 3 heterocycles. The van der Waals surface area contributed by atoms with Crippen LogP contribution in [0.4, 0.5) is 0 Å². The van der Waals surface area contributed by atoms with Gasteiger partial charge in [0.2, 0.25) is 0 Å². The van der Waals surface area contributed by atoms with Crippen LogP contribution in [-0.2, 0) is 0 Å². The van der Waals surface area contributed by atoms with E-state index in [4.69, 9.17) is 0 Å². The lowest BCUT2D eigenvalue weighted by Gasteiger charge is -2.03. The number of pyridine rings is 2. The van der Waals surface area contributed by atoms with Crippen LogP contribution >= 0.6 is 0 Å². The first-order valence-electron chi connectivity index (χ1n) is 5.78. The number of nitrogens with zero attached hydrogens (tertiary/aromatic N) is 2. The second kappa shape index (κ2) is 4.11. The Labute approximate surface area is 105 Å². The number of aromatic nitrogens is 2. The molecule has 0 radical (unpaired) electrons. The zero-order valence-corrected chi connectivity index (χ0v) is 10.00. The molecule has 0 aromatic carbocycles. The van der Waals surface area contributed by atoms with Crippen LogP contribution in [-0.4, -0.2) is 15.7 Å². The van der Waals surface area contributed by atoms with Gasteiger partial charge in [-0.3, -0.25) is 9.78 Å². The molecule has 3 heteroatoms. The van der Waals surface area contributed by atoms with Gasteiger partial charge in [0, 0.05) is 23.5 Å². The largest absolute Gasteiger partial charge is 0.314 e. The summed E-state index contributed by atoms with van der Waals surface area (Å²) in [5.74, 6) is 0. The molecular weight excluding hydrogens is 224 g/mol. The number of aryl methyl sites for hydroxylation is 1. The number of rotatable bonds is 2. The topological polar surface area (TPSA) is 34.4 Å². The number of hydrogen-bond donors (Lipinski definition) is 0. The third-order valence-electron chi connectivity index (χ3n) is 2.99. The zero-order chi connectivity index (χ0) is 12.5. The second-order valence-electron chi connectivity index (χ2n) is 4.28. The molecule has 0 aliphatic carbocycles. The van der Waals surface area contributed by atoms with Crippen molar-refractivity contribution < 1.29 is 4.79 Å². The van der Waals surface area contributed by atoms with Crippen molar-refractivity contribution in [3.05, 3.63) is 59.9 Å².